The lowest BCUT2D eigenvalue weighted by atomic mass is 9.99. The number of carbonyl (C=O) groups is 1. The number of benzene rings is 3. The molecule has 168 valence electrons. The van der Waals surface area contributed by atoms with E-state index in [4.69, 9.17) is 0 Å². The first kappa shape index (κ1) is 23.5. The van der Waals surface area contributed by atoms with Gasteiger partial charge in [0.2, 0.25) is 0 Å². The van der Waals surface area contributed by atoms with Gasteiger partial charge in [-0.2, -0.15) is 0 Å². The summed E-state index contributed by atoms with van der Waals surface area (Å²) in [6, 6.07) is 17.2. The number of Topliss-reactive ketones (excluding diaryl/α,β-unsaturated/α-hetero) is 1. The van der Waals surface area contributed by atoms with Crippen LogP contribution in [0.25, 0.3) is 32.6 Å². The van der Waals surface area contributed by atoms with Gasteiger partial charge >= 0.3 is 0 Å². The lowest BCUT2D eigenvalue weighted by Gasteiger charge is -2.18. The van der Waals surface area contributed by atoms with Gasteiger partial charge in [0, 0.05) is 38.3 Å². The van der Waals surface area contributed by atoms with Crippen molar-refractivity contribution in [2.45, 2.75) is 64.2 Å². The fourth-order valence-electron chi connectivity index (χ4n) is 4.80. The number of fused-ring (bicyclic) bond motifs is 5. The zero-order valence-corrected chi connectivity index (χ0v) is 22.3. The Morgan fingerprint density at radius 1 is 0.938 bits per heavy atom. The standard InChI is InChI=1S/C28H31Br2NO/c1-4-7-9-18(5-2)17-31-26-15-12-19(28(32)24(29)6-3)16-23(26)22-14-13-20-21(27(22)31)10-8-11-25(20)30/h8,10-16,18,24H,4-7,9,17H2,1-3H3. The van der Waals surface area contributed by atoms with Crippen LogP contribution in [0.4, 0.5) is 0 Å². The molecule has 4 rings (SSSR count). The highest BCUT2D eigenvalue weighted by Gasteiger charge is 2.20. The smallest absolute Gasteiger partial charge is 0.176 e. The highest BCUT2D eigenvalue weighted by atomic mass is 79.9. The van der Waals surface area contributed by atoms with Crippen LogP contribution in [0.15, 0.2) is 53.0 Å². The summed E-state index contributed by atoms with van der Waals surface area (Å²) in [6.45, 7) is 7.61. The Balaban J connectivity index is 1.99. The minimum absolute atomic E-state index is 0.136. The molecule has 0 aliphatic rings. The number of carbonyl (C=O) groups excluding carboxylic acids is 1. The van der Waals surface area contributed by atoms with E-state index in [0.717, 1.165) is 23.0 Å². The molecular weight excluding hydrogens is 526 g/mol. The molecule has 32 heavy (non-hydrogen) atoms. The van der Waals surface area contributed by atoms with E-state index >= 15 is 0 Å². The molecular formula is C28H31Br2NO. The minimum Gasteiger partial charge on any atom is -0.340 e. The summed E-state index contributed by atoms with van der Waals surface area (Å²) in [5.74, 6) is 0.803. The summed E-state index contributed by atoms with van der Waals surface area (Å²) >= 11 is 7.29. The molecule has 2 nitrogen and oxygen atoms in total. The lowest BCUT2D eigenvalue weighted by molar-refractivity contribution is 0.0990. The SMILES string of the molecule is CCCCC(CC)Cn1c2ccc(C(=O)C(Br)CC)cc2c2ccc3c(Br)cccc3c21. The molecule has 0 N–H and O–H groups in total. The Bertz CT molecular complexity index is 1270. The van der Waals surface area contributed by atoms with Crippen LogP contribution in [0, 0.1) is 5.92 Å². The number of hydrogen-bond donors (Lipinski definition) is 0. The summed E-state index contributed by atoms with van der Waals surface area (Å²) in [7, 11) is 0. The molecule has 2 atom stereocenters. The first-order chi connectivity index (χ1) is 15.5. The largest absolute Gasteiger partial charge is 0.340 e. The van der Waals surface area contributed by atoms with E-state index in [2.05, 4.69) is 92.7 Å². The molecule has 4 heteroatoms. The molecule has 1 heterocycles. The van der Waals surface area contributed by atoms with Crippen LogP contribution in [-0.2, 0) is 6.54 Å². The quantitative estimate of drug-likeness (QED) is 0.149. The number of rotatable bonds is 9. The van der Waals surface area contributed by atoms with E-state index in [9.17, 15) is 4.79 Å². The molecule has 0 spiro atoms. The third kappa shape index (κ3) is 4.28. The van der Waals surface area contributed by atoms with Crippen LogP contribution < -0.4 is 0 Å². The molecule has 1 aromatic heterocycles. The van der Waals surface area contributed by atoms with Gasteiger partial charge in [-0.15, -0.1) is 0 Å². The average molecular weight is 557 g/mol. The monoisotopic (exact) mass is 555 g/mol. The van der Waals surface area contributed by atoms with Gasteiger partial charge in [0.25, 0.3) is 0 Å². The van der Waals surface area contributed by atoms with Gasteiger partial charge in [-0.25, -0.2) is 0 Å². The second-order valence-corrected chi connectivity index (χ2v) is 10.8. The predicted octanol–water partition coefficient (Wildman–Crippen LogP) is 9.28. The van der Waals surface area contributed by atoms with Crippen LogP contribution in [0.1, 0.15) is 63.2 Å². The third-order valence-electron chi connectivity index (χ3n) is 6.74. The lowest BCUT2D eigenvalue weighted by Crippen LogP contribution is -2.13. The zero-order valence-electron chi connectivity index (χ0n) is 19.1. The highest BCUT2D eigenvalue weighted by molar-refractivity contribution is 9.10. The fraction of sp³-hybridized carbons (Fsp3) is 0.393. The van der Waals surface area contributed by atoms with Crippen molar-refractivity contribution in [2.24, 2.45) is 5.92 Å². The highest BCUT2D eigenvalue weighted by Crippen LogP contribution is 2.38. The molecule has 0 fully saturated rings. The van der Waals surface area contributed by atoms with Crippen molar-refractivity contribution in [3.05, 3.63) is 58.6 Å². The first-order valence-corrected chi connectivity index (χ1v) is 13.5. The number of nitrogens with zero attached hydrogens (tertiary/aromatic N) is 1. The second kappa shape index (κ2) is 10.1. The second-order valence-electron chi connectivity index (χ2n) is 8.80. The topological polar surface area (TPSA) is 22.0 Å². The predicted molar refractivity (Wildman–Crippen MR) is 145 cm³/mol. The Morgan fingerprint density at radius 3 is 2.41 bits per heavy atom. The van der Waals surface area contributed by atoms with Crippen molar-refractivity contribution in [1.29, 1.82) is 0 Å². The van der Waals surface area contributed by atoms with Gasteiger partial charge in [-0.1, -0.05) is 96.2 Å². The summed E-state index contributed by atoms with van der Waals surface area (Å²) < 4.78 is 3.64. The number of alkyl halides is 1. The summed E-state index contributed by atoms with van der Waals surface area (Å²) in [6.07, 6.45) is 5.71. The van der Waals surface area contributed by atoms with Gasteiger partial charge < -0.3 is 4.57 Å². The van der Waals surface area contributed by atoms with Crippen molar-refractivity contribution >= 4 is 70.2 Å². The molecule has 0 bridgehead atoms. The van der Waals surface area contributed by atoms with Crippen LogP contribution in [0.2, 0.25) is 0 Å². The van der Waals surface area contributed by atoms with Gasteiger partial charge in [-0.05, 0) is 48.4 Å². The Morgan fingerprint density at radius 2 is 1.69 bits per heavy atom. The van der Waals surface area contributed by atoms with Crippen molar-refractivity contribution in [1.82, 2.24) is 4.57 Å². The molecule has 0 aliphatic heterocycles. The van der Waals surface area contributed by atoms with Gasteiger partial charge in [-0.3, -0.25) is 4.79 Å². The normalized spacial score (nSPS) is 13.8. The summed E-state index contributed by atoms with van der Waals surface area (Å²) in [5.41, 5.74) is 3.29. The number of unbranched alkanes of at least 4 members (excludes halogenated alkanes) is 1. The van der Waals surface area contributed by atoms with Crippen molar-refractivity contribution in [3.63, 3.8) is 0 Å². The third-order valence-corrected chi connectivity index (χ3v) is 8.49. The molecule has 3 aromatic carbocycles. The summed E-state index contributed by atoms with van der Waals surface area (Å²) in [4.78, 5) is 12.8. The van der Waals surface area contributed by atoms with E-state index in [1.165, 1.54) is 58.3 Å². The maximum atomic E-state index is 12.9. The molecule has 2 unspecified atom stereocenters. The molecule has 0 saturated carbocycles. The fourth-order valence-corrected chi connectivity index (χ4v) is 5.57. The van der Waals surface area contributed by atoms with Crippen LogP contribution >= 0.6 is 31.9 Å². The van der Waals surface area contributed by atoms with E-state index in [1.54, 1.807) is 0 Å². The molecule has 0 amide bonds. The Kier molecular flexibility index (Phi) is 7.41. The maximum Gasteiger partial charge on any atom is 0.176 e. The van der Waals surface area contributed by atoms with Crippen molar-refractivity contribution in [3.8, 4) is 0 Å². The summed E-state index contributed by atoms with van der Waals surface area (Å²) in [5, 5.41) is 4.90. The molecule has 0 radical (unpaired) electrons. The van der Waals surface area contributed by atoms with E-state index < -0.39 is 0 Å². The Labute approximate surface area is 207 Å². The number of aromatic nitrogens is 1. The zero-order chi connectivity index (χ0) is 22.8. The van der Waals surface area contributed by atoms with Crippen LogP contribution in [-0.4, -0.2) is 15.2 Å². The Hall–Kier alpha value is -1.65. The van der Waals surface area contributed by atoms with Gasteiger partial charge in [0.15, 0.2) is 5.78 Å². The minimum atomic E-state index is -0.136. The van der Waals surface area contributed by atoms with Gasteiger partial charge in [0.1, 0.15) is 0 Å². The van der Waals surface area contributed by atoms with Crippen LogP contribution in [0.3, 0.4) is 0 Å². The van der Waals surface area contributed by atoms with Crippen molar-refractivity contribution in [2.75, 3.05) is 0 Å². The molecule has 0 aliphatic carbocycles. The molecule has 0 saturated heterocycles. The van der Waals surface area contributed by atoms with E-state index in [0.29, 0.717) is 5.92 Å². The number of ketones is 1. The maximum absolute atomic E-state index is 12.9. The van der Waals surface area contributed by atoms with Crippen LogP contribution in [0.5, 0.6) is 0 Å². The average Bonchev–Trinajstić information content (AvgIpc) is 3.14. The van der Waals surface area contributed by atoms with E-state index in [-0.39, 0.29) is 10.6 Å². The number of halogens is 2. The van der Waals surface area contributed by atoms with Gasteiger partial charge in [0.05, 0.1) is 10.3 Å². The van der Waals surface area contributed by atoms with E-state index in [1.807, 2.05) is 13.0 Å². The van der Waals surface area contributed by atoms with Crippen molar-refractivity contribution < 1.29 is 4.79 Å². The first-order valence-electron chi connectivity index (χ1n) is 11.8. The molecule has 4 aromatic rings. The number of hydrogen-bond acceptors (Lipinski definition) is 1.